The van der Waals surface area contributed by atoms with Gasteiger partial charge in [0, 0.05) is 13.1 Å². The second-order valence-corrected chi connectivity index (χ2v) is 10.1. The SMILES string of the molecule is CCCCP(c1ccc(OCCN(C)C)cc1)c1ccc(OCCN(C)C)cc1. The monoisotopic (exact) mass is 416 g/mol. The lowest BCUT2D eigenvalue weighted by Crippen LogP contribution is -2.20. The Labute approximate surface area is 178 Å². The van der Waals surface area contributed by atoms with Gasteiger partial charge in [0.2, 0.25) is 0 Å². The molecule has 0 unspecified atom stereocenters. The molecule has 0 N–H and O–H groups in total. The third-order valence-electron chi connectivity index (χ3n) is 4.65. The van der Waals surface area contributed by atoms with Crippen LogP contribution in [0.5, 0.6) is 11.5 Å². The van der Waals surface area contributed by atoms with Gasteiger partial charge in [-0.25, -0.2) is 0 Å². The molecular weight excluding hydrogens is 379 g/mol. The van der Waals surface area contributed by atoms with Crippen LogP contribution in [0.1, 0.15) is 19.8 Å². The van der Waals surface area contributed by atoms with Crippen LogP contribution in [0, 0.1) is 0 Å². The first-order valence-electron chi connectivity index (χ1n) is 10.5. The molecule has 0 aliphatic rings. The van der Waals surface area contributed by atoms with Crippen LogP contribution in [0.25, 0.3) is 0 Å². The highest BCUT2D eigenvalue weighted by molar-refractivity contribution is 7.73. The van der Waals surface area contributed by atoms with Crippen molar-refractivity contribution in [1.29, 1.82) is 0 Å². The molecular formula is C24H37N2O2P. The van der Waals surface area contributed by atoms with E-state index in [9.17, 15) is 0 Å². The maximum Gasteiger partial charge on any atom is 0.119 e. The van der Waals surface area contributed by atoms with Crippen molar-refractivity contribution in [3.8, 4) is 11.5 Å². The smallest absolute Gasteiger partial charge is 0.119 e. The summed E-state index contributed by atoms with van der Waals surface area (Å²) in [7, 11) is 7.89. The molecule has 0 radical (unpaired) electrons. The Hall–Kier alpha value is -1.61. The molecule has 2 aromatic rings. The second kappa shape index (κ2) is 12.8. The molecule has 5 heteroatoms. The van der Waals surface area contributed by atoms with Gasteiger partial charge in [0.05, 0.1) is 0 Å². The molecule has 2 aromatic carbocycles. The van der Waals surface area contributed by atoms with Crippen LogP contribution in [0.3, 0.4) is 0 Å². The molecule has 0 saturated carbocycles. The van der Waals surface area contributed by atoms with Gasteiger partial charge in [-0.3, -0.25) is 0 Å². The minimum Gasteiger partial charge on any atom is -0.492 e. The number of hydrogen-bond acceptors (Lipinski definition) is 4. The van der Waals surface area contributed by atoms with Crippen LogP contribution in [0.2, 0.25) is 0 Å². The summed E-state index contributed by atoms with van der Waals surface area (Å²) in [4.78, 5) is 4.26. The van der Waals surface area contributed by atoms with Crippen molar-refractivity contribution in [2.24, 2.45) is 0 Å². The number of rotatable bonds is 13. The van der Waals surface area contributed by atoms with Gasteiger partial charge in [-0.1, -0.05) is 37.6 Å². The molecule has 0 amide bonds. The van der Waals surface area contributed by atoms with E-state index < -0.39 is 0 Å². The van der Waals surface area contributed by atoms with E-state index in [0.29, 0.717) is 13.2 Å². The first-order chi connectivity index (χ1) is 14.0. The summed E-state index contributed by atoms with van der Waals surface area (Å²) in [6, 6.07) is 17.4. The molecule has 29 heavy (non-hydrogen) atoms. The van der Waals surface area contributed by atoms with Gasteiger partial charge in [0.15, 0.2) is 0 Å². The van der Waals surface area contributed by atoms with Gasteiger partial charge < -0.3 is 19.3 Å². The maximum atomic E-state index is 5.85. The predicted molar refractivity (Wildman–Crippen MR) is 127 cm³/mol. The standard InChI is InChI=1S/C24H37N2O2P/c1-6-7-20-29(23-12-8-21(9-13-23)27-18-16-25(2)3)24-14-10-22(11-15-24)28-19-17-26(4)5/h8-15H,6-7,16-20H2,1-5H3. The van der Waals surface area contributed by atoms with E-state index in [4.69, 9.17) is 9.47 Å². The van der Waals surface area contributed by atoms with Crippen LogP contribution in [-0.2, 0) is 0 Å². The van der Waals surface area contributed by atoms with E-state index >= 15 is 0 Å². The summed E-state index contributed by atoms with van der Waals surface area (Å²) >= 11 is 0. The molecule has 0 aliphatic carbocycles. The molecule has 0 heterocycles. The van der Waals surface area contributed by atoms with Gasteiger partial charge in [-0.2, -0.15) is 0 Å². The Morgan fingerprint density at radius 1 is 0.690 bits per heavy atom. The Kier molecular flexibility index (Phi) is 10.5. The molecule has 0 aliphatic heterocycles. The van der Waals surface area contributed by atoms with Crippen molar-refractivity contribution in [2.75, 3.05) is 60.7 Å². The molecule has 0 bridgehead atoms. The number of ether oxygens (including phenoxy) is 2. The topological polar surface area (TPSA) is 24.9 Å². The Morgan fingerprint density at radius 2 is 1.10 bits per heavy atom. The summed E-state index contributed by atoms with van der Waals surface area (Å²) in [5.74, 6) is 1.90. The number of hydrogen-bond donors (Lipinski definition) is 0. The minimum atomic E-state index is -0.355. The lowest BCUT2D eigenvalue weighted by atomic mass is 10.3. The van der Waals surface area contributed by atoms with Crippen LogP contribution in [-0.4, -0.2) is 70.5 Å². The Balaban J connectivity index is 2.04. The van der Waals surface area contributed by atoms with E-state index in [-0.39, 0.29) is 7.92 Å². The zero-order valence-corrected chi connectivity index (χ0v) is 19.6. The fourth-order valence-electron chi connectivity index (χ4n) is 2.86. The first-order valence-corrected chi connectivity index (χ1v) is 12.0. The lowest BCUT2D eigenvalue weighted by molar-refractivity contribution is 0.261. The molecule has 0 fully saturated rings. The van der Waals surface area contributed by atoms with Crippen molar-refractivity contribution in [1.82, 2.24) is 9.80 Å². The summed E-state index contributed by atoms with van der Waals surface area (Å²) in [6.07, 6.45) is 3.68. The van der Waals surface area contributed by atoms with Crippen LogP contribution < -0.4 is 20.1 Å². The van der Waals surface area contributed by atoms with Crippen molar-refractivity contribution in [3.63, 3.8) is 0 Å². The molecule has 2 rings (SSSR count). The fraction of sp³-hybridized carbons (Fsp3) is 0.500. The van der Waals surface area contributed by atoms with Crippen LogP contribution in [0.15, 0.2) is 48.5 Å². The van der Waals surface area contributed by atoms with E-state index in [2.05, 4.69) is 93.4 Å². The molecule has 0 atom stereocenters. The average Bonchev–Trinajstić information content (AvgIpc) is 2.70. The number of unbranched alkanes of at least 4 members (excludes halogenated alkanes) is 1. The van der Waals surface area contributed by atoms with Gasteiger partial charge in [-0.15, -0.1) is 0 Å². The van der Waals surface area contributed by atoms with Gasteiger partial charge in [0.25, 0.3) is 0 Å². The Morgan fingerprint density at radius 3 is 1.45 bits per heavy atom. The average molecular weight is 417 g/mol. The molecule has 0 aromatic heterocycles. The first kappa shape index (κ1) is 23.7. The summed E-state index contributed by atoms with van der Waals surface area (Å²) < 4.78 is 11.7. The van der Waals surface area contributed by atoms with Crippen LogP contribution in [0.4, 0.5) is 0 Å². The van der Waals surface area contributed by atoms with E-state index in [0.717, 1.165) is 24.6 Å². The molecule has 4 nitrogen and oxygen atoms in total. The molecule has 0 saturated heterocycles. The predicted octanol–water partition coefficient (Wildman–Crippen LogP) is 3.80. The highest BCUT2D eigenvalue weighted by Crippen LogP contribution is 2.35. The fourth-order valence-corrected chi connectivity index (χ4v) is 5.33. The highest BCUT2D eigenvalue weighted by atomic mass is 31.1. The van der Waals surface area contributed by atoms with E-state index in [1.165, 1.54) is 29.6 Å². The van der Waals surface area contributed by atoms with Crippen molar-refractivity contribution < 1.29 is 9.47 Å². The summed E-state index contributed by atoms with van der Waals surface area (Å²) in [5.41, 5.74) is 0. The third kappa shape index (κ3) is 8.74. The second-order valence-electron chi connectivity index (χ2n) is 7.80. The number of likely N-dealkylation sites (N-methyl/N-ethyl adjacent to an activating group) is 2. The van der Waals surface area contributed by atoms with Crippen molar-refractivity contribution >= 4 is 18.5 Å². The van der Waals surface area contributed by atoms with Crippen LogP contribution >= 0.6 is 7.92 Å². The third-order valence-corrected chi connectivity index (χ3v) is 7.25. The number of nitrogens with zero attached hydrogens (tertiary/aromatic N) is 2. The normalized spacial score (nSPS) is 11.4. The minimum absolute atomic E-state index is 0.355. The number of benzene rings is 2. The van der Waals surface area contributed by atoms with Crippen molar-refractivity contribution in [3.05, 3.63) is 48.5 Å². The largest absolute Gasteiger partial charge is 0.492 e. The highest BCUT2D eigenvalue weighted by Gasteiger charge is 2.14. The maximum absolute atomic E-state index is 5.85. The van der Waals surface area contributed by atoms with Gasteiger partial charge in [-0.05, 0) is 83.6 Å². The van der Waals surface area contributed by atoms with E-state index in [1.54, 1.807) is 0 Å². The summed E-state index contributed by atoms with van der Waals surface area (Å²) in [6.45, 7) is 5.54. The van der Waals surface area contributed by atoms with Gasteiger partial charge in [0.1, 0.15) is 24.7 Å². The molecule has 0 spiro atoms. The molecule has 160 valence electrons. The lowest BCUT2D eigenvalue weighted by Gasteiger charge is -2.20. The van der Waals surface area contributed by atoms with Crippen molar-refractivity contribution in [2.45, 2.75) is 19.8 Å². The van der Waals surface area contributed by atoms with Gasteiger partial charge >= 0.3 is 0 Å². The zero-order chi connectivity index (χ0) is 21.1. The van der Waals surface area contributed by atoms with E-state index in [1.807, 2.05) is 0 Å². The zero-order valence-electron chi connectivity index (χ0n) is 18.7. The Bertz CT molecular complexity index is 630. The summed E-state index contributed by atoms with van der Waals surface area (Å²) in [5, 5.41) is 2.82. The quantitative estimate of drug-likeness (QED) is 0.464.